The van der Waals surface area contributed by atoms with Gasteiger partial charge in [-0.2, -0.15) is 5.10 Å². The van der Waals surface area contributed by atoms with Crippen LogP contribution in [0.15, 0.2) is 0 Å². The Morgan fingerprint density at radius 3 is 2.72 bits per heavy atom. The van der Waals surface area contributed by atoms with Crippen LogP contribution in [-0.2, 0) is 16.7 Å². The van der Waals surface area contributed by atoms with Crippen molar-refractivity contribution >= 4 is 17.5 Å². The minimum Gasteiger partial charge on any atom is -0.479 e. The van der Waals surface area contributed by atoms with Gasteiger partial charge >= 0.3 is 11.7 Å². The normalized spacial score (nSPS) is 10.7. The third-order valence-electron chi connectivity index (χ3n) is 2.14. The van der Waals surface area contributed by atoms with Gasteiger partial charge in [0.25, 0.3) is 0 Å². The van der Waals surface area contributed by atoms with Gasteiger partial charge in [-0.15, -0.1) is 0 Å². The number of nitro groups is 1. The van der Waals surface area contributed by atoms with Crippen LogP contribution in [0.25, 0.3) is 0 Å². The van der Waals surface area contributed by atoms with Crippen molar-refractivity contribution < 1.29 is 19.7 Å². The van der Waals surface area contributed by atoms with E-state index < -0.39 is 17.5 Å². The molecule has 0 aromatic carbocycles. The van der Waals surface area contributed by atoms with Gasteiger partial charge in [0.2, 0.25) is 5.82 Å². The fourth-order valence-electron chi connectivity index (χ4n) is 1.38. The summed E-state index contributed by atoms with van der Waals surface area (Å²) in [6.07, 6.45) is 0. The van der Waals surface area contributed by atoms with Crippen molar-refractivity contribution in [1.82, 2.24) is 9.78 Å². The summed E-state index contributed by atoms with van der Waals surface area (Å²) in [5.74, 6) is -1.30. The fraction of sp³-hybridized carbons (Fsp3) is 0.556. The van der Waals surface area contributed by atoms with Crippen molar-refractivity contribution in [3.8, 4) is 0 Å². The largest absolute Gasteiger partial charge is 0.479 e. The monoisotopic (exact) mass is 258 g/mol. The number of rotatable bonds is 6. The predicted octanol–water partition coefficient (Wildman–Crippen LogP) is 0.880. The van der Waals surface area contributed by atoms with Crippen LogP contribution in [0.5, 0.6) is 0 Å². The molecule has 0 amide bonds. The van der Waals surface area contributed by atoms with Gasteiger partial charge in [0.15, 0.2) is 6.61 Å². The summed E-state index contributed by atoms with van der Waals surface area (Å²) in [6.45, 7) is 2.94. The van der Waals surface area contributed by atoms with Crippen LogP contribution in [0.3, 0.4) is 0 Å². The van der Waals surface area contributed by atoms with Gasteiger partial charge in [-0.05, 0) is 0 Å². The lowest BCUT2D eigenvalue weighted by Crippen LogP contribution is -2.13. The highest BCUT2D eigenvalue weighted by atomic mass is 16.7. The predicted molar refractivity (Wildman–Crippen MR) is 61.2 cm³/mol. The first-order valence-electron chi connectivity index (χ1n) is 5.15. The molecule has 0 bridgehead atoms. The molecule has 1 aromatic heterocycles. The SMILES string of the molecule is CC(C)c1nn(C)c(NOCC(=O)O)c1[N+](=O)[O-]. The number of aromatic nitrogens is 2. The van der Waals surface area contributed by atoms with Gasteiger partial charge in [0.1, 0.15) is 5.69 Å². The van der Waals surface area contributed by atoms with E-state index in [1.54, 1.807) is 13.8 Å². The molecular formula is C9H14N4O5. The molecule has 0 saturated carbocycles. The first kappa shape index (κ1) is 13.9. The second-order valence-corrected chi connectivity index (χ2v) is 3.90. The lowest BCUT2D eigenvalue weighted by atomic mass is 10.1. The number of carboxylic acids is 1. The van der Waals surface area contributed by atoms with E-state index in [1.807, 2.05) is 0 Å². The van der Waals surface area contributed by atoms with Crippen LogP contribution in [0, 0.1) is 10.1 Å². The smallest absolute Gasteiger partial charge is 0.336 e. The number of aryl methyl sites for hydroxylation is 1. The van der Waals surface area contributed by atoms with Gasteiger partial charge < -0.3 is 5.11 Å². The Bertz CT molecular complexity index is 468. The Hall–Kier alpha value is -2.16. The second-order valence-electron chi connectivity index (χ2n) is 3.90. The highest BCUT2D eigenvalue weighted by Gasteiger charge is 2.28. The molecule has 0 unspecified atom stereocenters. The molecular weight excluding hydrogens is 244 g/mol. The van der Waals surface area contributed by atoms with Crippen molar-refractivity contribution in [2.75, 3.05) is 12.1 Å². The Morgan fingerprint density at radius 2 is 2.28 bits per heavy atom. The Kier molecular flexibility index (Phi) is 4.21. The van der Waals surface area contributed by atoms with Crippen LogP contribution >= 0.6 is 0 Å². The molecule has 2 N–H and O–H groups in total. The zero-order valence-corrected chi connectivity index (χ0v) is 10.2. The number of hydrogen-bond acceptors (Lipinski definition) is 6. The molecule has 0 fully saturated rings. The summed E-state index contributed by atoms with van der Waals surface area (Å²) in [4.78, 5) is 25.3. The van der Waals surface area contributed by atoms with E-state index in [0.717, 1.165) is 0 Å². The third kappa shape index (κ3) is 2.94. The lowest BCUT2D eigenvalue weighted by molar-refractivity contribution is -0.385. The molecule has 1 aromatic rings. The highest BCUT2D eigenvalue weighted by molar-refractivity contribution is 5.68. The van der Waals surface area contributed by atoms with Gasteiger partial charge in [0, 0.05) is 13.0 Å². The molecule has 0 radical (unpaired) electrons. The molecule has 1 heterocycles. The summed E-state index contributed by atoms with van der Waals surface area (Å²) in [7, 11) is 1.51. The van der Waals surface area contributed by atoms with Crippen LogP contribution in [0.2, 0.25) is 0 Å². The van der Waals surface area contributed by atoms with E-state index in [4.69, 9.17) is 5.11 Å². The lowest BCUT2D eigenvalue weighted by Gasteiger charge is -2.04. The second kappa shape index (κ2) is 5.45. The van der Waals surface area contributed by atoms with Crippen molar-refractivity contribution in [3.05, 3.63) is 15.8 Å². The molecule has 100 valence electrons. The zero-order chi connectivity index (χ0) is 13.9. The van der Waals surface area contributed by atoms with Gasteiger partial charge in [0.05, 0.1) is 4.92 Å². The zero-order valence-electron chi connectivity index (χ0n) is 10.2. The van der Waals surface area contributed by atoms with Gasteiger partial charge in [-0.3, -0.25) is 15.0 Å². The summed E-state index contributed by atoms with van der Waals surface area (Å²) >= 11 is 0. The van der Waals surface area contributed by atoms with E-state index in [0.29, 0.717) is 5.69 Å². The third-order valence-corrected chi connectivity index (χ3v) is 2.14. The molecule has 0 aliphatic carbocycles. The molecule has 0 atom stereocenters. The molecule has 1 rings (SSSR count). The maximum absolute atomic E-state index is 11.0. The van der Waals surface area contributed by atoms with Gasteiger partial charge in [-0.25, -0.2) is 15.0 Å². The first-order valence-corrected chi connectivity index (χ1v) is 5.15. The van der Waals surface area contributed by atoms with Crippen LogP contribution in [-0.4, -0.2) is 32.4 Å². The molecule has 9 heteroatoms. The Balaban J connectivity index is 3.02. The van der Waals surface area contributed by atoms with Crippen molar-refractivity contribution in [2.45, 2.75) is 19.8 Å². The van der Waals surface area contributed by atoms with Crippen LogP contribution in [0.4, 0.5) is 11.5 Å². The summed E-state index contributed by atoms with van der Waals surface area (Å²) < 4.78 is 1.25. The number of carboxylic acid groups (broad SMARTS) is 1. The van der Waals surface area contributed by atoms with Crippen LogP contribution in [0.1, 0.15) is 25.5 Å². The molecule has 18 heavy (non-hydrogen) atoms. The quantitative estimate of drug-likeness (QED) is 0.574. The molecule has 0 saturated heterocycles. The number of hydrogen-bond donors (Lipinski definition) is 2. The van der Waals surface area contributed by atoms with E-state index in [2.05, 4.69) is 15.4 Å². The summed E-state index contributed by atoms with van der Waals surface area (Å²) in [5.41, 5.74) is 2.35. The summed E-state index contributed by atoms with van der Waals surface area (Å²) in [5, 5.41) is 23.4. The maximum atomic E-state index is 11.0. The maximum Gasteiger partial charge on any atom is 0.336 e. The van der Waals surface area contributed by atoms with Crippen molar-refractivity contribution in [3.63, 3.8) is 0 Å². The Labute approximate surface area is 102 Å². The van der Waals surface area contributed by atoms with Gasteiger partial charge in [-0.1, -0.05) is 13.8 Å². The van der Waals surface area contributed by atoms with E-state index >= 15 is 0 Å². The number of nitrogens with zero attached hydrogens (tertiary/aromatic N) is 3. The average Bonchev–Trinajstić information content (AvgIpc) is 2.56. The minimum absolute atomic E-state index is 0.0185. The topological polar surface area (TPSA) is 120 Å². The number of aliphatic carboxylic acids is 1. The van der Waals surface area contributed by atoms with E-state index in [1.165, 1.54) is 11.7 Å². The molecule has 0 aliphatic rings. The number of carbonyl (C=O) groups is 1. The van der Waals surface area contributed by atoms with E-state index in [-0.39, 0.29) is 17.4 Å². The average molecular weight is 258 g/mol. The Morgan fingerprint density at radius 1 is 1.67 bits per heavy atom. The highest BCUT2D eigenvalue weighted by Crippen LogP contribution is 2.32. The number of anilines is 1. The van der Waals surface area contributed by atoms with Crippen LogP contribution < -0.4 is 5.48 Å². The standard InChI is InChI=1S/C9H14N4O5/c1-5(2)7-8(13(16)17)9(12(3)10-7)11-18-4-6(14)15/h5,11H,4H2,1-3H3,(H,14,15). The molecule has 0 spiro atoms. The molecule has 0 aliphatic heterocycles. The fourth-order valence-corrected chi connectivity index (χ4v) is 1.38. The van der Waals surface area contributed by atoms with Crippen molar-refractivity contribution in [2.24, 2.45) is 7.05 Å². The van der Waals surface area contributed by atoms with E-state index in [9.17, 15) is 14.9 Å². The molecule has 9 nitrogen and oxygen atoms in total. The summed E-state index contributed by atoms with van der Waals surface area (Å²) in [6, 6.07) is 0. The van der Waals surface area contributed by atoms with Crippen molar-refractivity contribution in [1.29, 1.82) is 0 Å². The minimum atomic E-state index is -1.18. The number of nitrogens with one attached hydrogen (secondary N) is 1. The first-order chi connectivity index (χ1) is 8.34.